The fourth-order valence-corrected chi connectivity index (χ4v) is 4.27. The van der Waals surface area contributed by atoms with Crippen LogP contribution in [0.15, 0.2) is 32.9 Å². The summed E-state index contributed by atoms with van der Waals surface area (Å²) in [5.74, 6) is 0.829. The molecule has 1 atom stereocenters. The van der Waals surface area contributed by atoms with Crippen LogP contribution in [0, 0.1) is 6.92 Å². The van der Waals surface area contributed by atoms with Crippen molar-refractivity contribution in [1.82, 2.24) is 4.72 Å². The van der Waals surface area contributed by atoms with Gasteiger partial charge in [-0.25, -0.2) is 13.1 Å². The number of aryl methyl sites for hydroxylation is 1. The van der Waals surface area contributed by atoms with Crippen molar-refractivity contribution < 1.29 is 12.8 Å². The van der Waals surface area contributed by atoms with E-state index < -0.39 is 10.0 Å². The molecular formula is C13H18N2O3S2. The number of sulfonamides is 1. The first kappa shape index (κ1) is 15.2. The van der Waals surface area contributed by atoms with Gasteiger partial charge in [0, 0.05) is 17.0 Å². The summed E-state index contributed by atoms with van der Waals surface area (Å²) in [6.45, 7) is 3.65. The molecule has 0 saturated heterocycles. The minimum absolute atomic E-state index is 0.163. The normalized spacial score (nSPS) is 13.6. The number of furan rings is 1. The van der Waals surface area contributed by atoms with Crippen molar-refractivity contribution in [1.29, 1.82) is 0 Å². The molecule has 0 aliphatic rings. The minimum atomic E-state index is -3.58. The van der Waals surface area contributed by atoms with Gasteiger partial charge in [0.05, 0.1) is 6.54 Å². The Kier molecular flexibility index (Phi) is 4.64. The molecule has 0 aliphatic heterocycles. The summed E-state index contributed by atoms with van der Waals surface area (Å²) < 4.78 is 32.6. The van der Waals surface area contributed by atoms with E-state index in [9.17, 15) is 8.42 Å². The summed E-state index contributed by atoms with van der Waals surface area (Å²) in [5.41, 5.74) is 5.46. The molecular weight excluding hydrogens is 296 g/mol. The topological polar surface area (TPSA) is 85.3 Å². The number of hydrogen-bond acceptors (Lipinski definition) is 5. The molecule has 0 amide bonds. The second-order valence-electron chi connectivity index (χ2n) is 4.64. The molecule has 5 nitrogen and oxygen atoms in total. The van der Waals surface area contributed by atoms with Crippen LogP contribution in [0.2, 0.25) is 0 Å². The Morgan fingerprint density at radius 2 is 2.25 bits per heavy atom. The third-order valence-corrected chi connectivity index (χ3v) is 5.45. The summed E-state index contributed by atoms with van der Waals surface area (Å²) in [7, 11) is -3.58. The maximum atomic E-state index is 12.3. The van der Waals surface area contributed by atoms with E-state index in [1.54, 1.807) is 18.3 Å². The quantitative estimate of drug-likeness (QED) is 0.854. The monoisotopic (exact) mass is 314 g/mol. The smallest absolute Gasteiger partial charge is 0.244 e. The van der Waals surface area contributed by atoms with Gasteiger partial charge >= 0.3 is 0 Å². The molecule has 2 aromatic heterocycles. The molecule has 20 heavy (non-hydrogen) atoms. The molecule has 0 bridgehead atoms. The van der Waals surface area contributed by atoms with Gasteiger partial charge in [-0.2, -0.15) is 0 Å². The van der Waals surface area contributed by atoms with Gasteiger partial charge in [-0.1, -0.05) is 6.07 Å². The van der Waals surface area contributed by atoms with Crippen LogP contribution in [0.4, 0.5) is 0 Å². The van der Waals surface area contributed by atoms with Gasteiger partial charge in [0.1, 0.15) is 16.4 Å². The van der Waals surface area contributed by atoms with Crippen molar-refractivity contribution in [3.05, 3.63) is 40.0 Å². The highest BCUT2D eigenvalue weighted by atomic mass is 32.2. The third-order valence-electron chi connectivity index (χ3n) is 2.86. The molecule has 0 radical (unpaired) electrons. The van der Waals surface area contributed by atoms with Gasteiger partial charge in [-0.15, -0.1) is 11.3 Å². The molecule has 2 aromatic rings. The van der Waals surface area contributed by atoms with Gasteiger partial charge in [0.25, 0.3) is 0 Å². The Morgan fingerprint density at radius 3 is 2.80 bits per heavy atom. The van der Waals surface area contributed by atoms with Crippen LogP contribution in [-0.4, -0.2) is 14.5 Å². The summed E-state index contributed by atoms with van der Waals surface area (Å²) >= 11 is 1.61. The van der Waals surface area contributed by atoms with E-state index in [1.807, 2.05) is 24.4 Å². The average molecular weight is 314 g/mol. The molecule has 0 spiro atoms. The second kappa shape index (κ2) is 6.09. The van der Waals surface area contributed by atoms with Gasteiger partial charge in [0.2, 0.25) is 10.0 Å². The fourth-order valence-electron chi connectivity index (χ4n) is 1.99. The van der Waals surface area contributed by atoms with E-state index >= 15 is 0 Å². The SMILES string of the molecule is Cc1oc(CN)cc1S(=O)(=O)NC(C)Cc1cccs1. The number of thiophene rings is 1. The number of nitrogens with one attached hydrogen (secondary N) is 1. The number of hydrogen-bond donors (Lipinski definition) is 2. The zero-order valence-electron chi connectivity index (χ0n) is 11.4. The molecule has 7 heteroatoms. The van der Waals surface area contributed by atoms with Crippen molar-refractivity contribution >= 4 is 21.4 Å². The standard InChI is InChI=1S/C13H18N2O3S2/c1-9(6-12-4-3-5-19-12)15-20(16,17)13-7-11(8-14)18-10(13)2/h3-5,7,9,15H,6,8,14H2,1-2H3. The van der Waals surface area contributed by atoms with E-state index in [4.69, 9.17) is 10.2 Å². The minimum Gasteiger partial charge on any atom is -0.464 e. The van der Waals surface area contributed by atoms with Crippen LogP contribution in [0.3, 0.4) is 0 Å². The Balaban J connectivity index is 2.12. The van der Waals surface area contributed by atoms with Gasteiger partial charge < -0.3 is 10.2 Å². The third kappa shape index (κ3) is 3.49. The van der Waals surface area contributed by atoms with Crippen LogP contribution in [0.1, 0.15) is 23.3 Å². The van der Waals surface area contributed by atoms with E-state index in [2.05, 4.69) is 4.72 Å². The molecule has 0 aliphatic carbocycles. The lowest BCUT2D eigenvalue weighted by Gasteiger charge is -2.12. The highest BCUT2D eigenvalue weighted by Gasteiger charge is 2.23. The van der Waals surface area contributed by atoms with Crippen LogP contribution in [0.25, 0.3) is 0 Å². The van der Waals surface area contributed by atoms with E-state index in [-0.39, 0.29) is 17.5 Å². The molecule has 0 fully saturated rings. The van der Waals surface area contributed by atoms with Crippen LogP contribution >= 0.6 is 11.3 Å². The van der Waals surface area contributed by atoms with Crippen molar-refractivity contribution in [2.75, 3.05) is 0 Å². The molecule has 0 aromatic carbocycles. The summed E-state index contributed by atoms with van der Waals surface area (Å²) in [6, 6.07) is 5.24. The molecule has 3 N–H and O–H groups in total. The highest BCUT2D eigenvalue weighted by molar-refractivity contribution is 7.89. The first-order chi connectivity index (χ1) is 9.42. The zero-order chi connectivity index (χ0) is 14.8. The lowest BCUT2D eigenvalue weighted by atomic mass is 10.2. The summed E-state index contributed by atoms with van der Waals surface area (Å²) in [5, 5.41) is 1.98. The van der Waals surface area contributed by atoms with Crippen LogP contribution in [-0.2, 0) is 23.0 Å². The zero-order valence-corrected chi connectivity index (χ0v) is 13.1. The molecule has 1 unspecified atom stereocenters. The maximum absolute atomic E-state index is 12.3. The van der Waals surface area contributed by atoms with Crippen molar-refractivity contribution in [3.63, 3.8) is 0 Å². The lowest BCUT2D eigenvalue weighted by molar-refractivity contribution is 0.478. The van der Waals surface area contributed by atoms with E-state index in [0.29, 0.717) is 17.9 Å². The lowest BCUT2D eigenvalue weighted by Crippen LogP contribution is -2.34. The van der Waals surface area contributed by atoms with E-state index in [0.717, 1.165) is 4.88 Å². The fraction of sp³-hybridized carbons (Fsp3) is 0.385. The summed E-state index contributed by atoms with van der Waals surface area (Å²) in [4.78, 5) is 1.31. The Labute approximate surface area is 122 Å². The average Bonchev–Trinajstić information content (AvgIpc) is 2.97. The largest absolute Gasteiger partial charge is 0.464 e. The predicted molar refractivity (Wildman–Crippen MR) is 79.1 cm³/mol. The van der Waals surface area contributed by atoms with Crippen LogP contribution < -0.4 is 10.5 Å². The first-order valence-electron chi connectivity index (χ1n) is 6.26. The summed E-state index contributed by atoms with van der Waals surface area (Å²) in [6.07, 6.45) is 0.664. The van der Waals surface area contributed by atoms with E-state index in [1.165, 1.54) is 6.07 Å². The molecule has 2 heterocycles. The van der Waals surface area contributed by atoms with Crippen molar-refractivity contribution in [2.45, 2.75) is 37.8 Å². The predicted octanol–water partition coefficient (Wildman–Crippen LogP) is 2.02. The van der Waals surface area contributed by atoms with Gasteiger partial charge in [-0.05, 0) is 31.7 Å². The first-order valence-corrected chi connectivity index (χ1v) is 8.62. The molecule has 2 rings (SSSR count). The van der Waals surface area contributed by atoms with Gasteiger partial charge in [0.15, 0.2) is 0 Å². The maximum Gasteiger partial charge on any atom is 0.244 e. The number of rotatable bonds is 6. The van der Waals surface area contributed by atoms with Crippen molar-refractivity contribution in [3.8, 4) is 0 Å². The second-order valence-corrected chi connectivity index (χ2v) is 7.36. The van der Waals surface area contributed by atoms with Gasteiger partial charge in [-0.3, -0.25) is 0 Å². The molecule has 0 saturated carbocycles. The Morgan fingerprint density at radius 1 is 1.50 bits per heavy atom. The molecule has 110 valence electrons. The van der Waals surface area contributed by atoms with Crippen molar-refractivity contribution in [2.24, 2.45) is 5.73 Å². The Bertz CT molecular complexity index is 660. The van der Waals surface area contributed by atoms with Crippen LogP contribution in [0.5, 0.6) is 0 Å². The Hall–Kier alpha value is -1.15. The highest BCUT2D eigenvalue weighted by Crippen LogP contribution is 2.20. The number of nitrogens with two attached hydrogens (primary N) is 1.